The van der Waals surface area contributed by atoms with Gasteiger partial charge in [0.25, 0.3) is 0 Å². The van der Waals surface area contributed by atoms with Gasteiger partial charge in [0.2, 0.25) is 5.65 Å². The summed E-state index contributed by atoms with van der Waals surface area (Å²) < 4.78 is 1.91. The molecular weight excluding hydrogens is 204 g/mol. The third kappa shape index (κ3) is 1.96. The minimum atomic E-state index is 0.278. The highest BCUT2D eigenvalue weighted by Crippen LogP contribution is 2.13. The van der Waals surface area contributed by atoms with E-state index in [2.05, 4.69) is 27.4 Å². The van der Waals surface area contributed by atoms with Crippen molar-refractivity contribution in [1.29, 1.82) is 0 Å². The number of aryl methyl sites for hydroxylation is 1. The molecule has 1 unspecified atom stereocenters. The predicted molar refractivity (Wildman–Crippen MR) is 62.3 cm³/mol. The molecule has 0 saturated heterocycles. The predicted octanol–water partition coefficient (Wildman–Crippen LogP) is 0.582. The third-order valence-electron chi connectivity index (χ3n) is 2.48. The smallest absolute Gasteiger partial charge is 0.203 e. The summed E-state index contributed by atoms with van der Waals surface area (Å²) in [6, 6.07) is 0.278. The Bertz CT molecular complexity index is 477. The van der Waals surface area contributed by atoms with Crippen molar-refractivity contribution in [2.75, 3.05) is 11.9 Å². The van der Waals surface area contributed by atoms with Gasteiger partial charge < -0.3 is 11.1 Å². The fourth-order valence-corrected chi connectivity index (χ4v) is 1.60. The number of aromatic nitrogens is 4. The van der Waals surface area contributed by atoms with Crippen LogP contribution in [0.25, 0.3) is 5.65 Å². The van der Waals surface area contributed by atoms with Gasteiger partial charge in [0, 0.05) is 18.4 Å². The van der Waals surface area contributed by atoms with Gasteiger partial charge >= 0.3 is 0 Å². The zero-order chi connectivity index (χ0) is 11.5. The van der Waals surface area contributed by atoms with E-state index in [4.69, 9.17) is 5.73 Å². The summed E-state index contributed by atoms with van der Waals surface area (Å²) in [5.41, 5.74) is 6.26. The molecule has 2 aromatic rings. The maximum Gasteiger partial charge on any atom is 0.203 e. The van der Waals surface area contributed by atoms with Crippen molar-refractivity contribution in [3.05, 3.63) is 18.2 Å². The number of rotatable bonds is 4. The van der Waals surface area contributed by atoms with Crippen LogP contribution in [0, 0.1) is 6.92 Å². The van der Waals surface area contributed by atoms with E-state index in [9.17, 15) is 0 Å². The molecule has 0 aliphatic rings. The fraction of sp³-hybridized carbons (Fsp3) is 0.500. The van der Waals surface area contributed by atoms with Crippen LogP contribution in [0.4, 0.5) is 5.82 Å². The first-order valence-corrected chi connectivity index (χ1v) is 5.35. The fourth-order valence-electron chi connectivity index (χ4n) is 1.60. The zero-order valence-electron chi connectivity index (χ0n) is 9.51. The molecule has 0 aliphatic carbocycles. The highest BCUT2D eigenvalue weighted by molar-refractivity contribution is 5.62. The van der Waals surface area contributed by atoms with Crippen LogP contribution >= 0.6 is 0 Å². The number of anilines is 1. The lowest BCUT2D eigenvalue weighted by molar-refractivity contribution is 0.713. The van der Waals surface area contributed by atoms with Crippen molar-refractivity contribution in [1.82, 2.24) is 19.6 Å². The molecule has 0 saturated carbocycles. The average molecular weight is 220 g/mol. The molecule has 0 aliphatic heterocycles. The lowest BCUT2D eigenvalue weighted by Gasteiger charge is -2.13. The lowest BCUT2D eigenvalue weighted by atomic mass is 10.2. The maximum atomic E-state index is 5.51. The van der Waals surface area contributed by atoms with Crippen molar-refractivity contribution in [3.63, 3.8) is 0 Å². The Morgan fingerprint density at radius 3 is 3.06 bits per heavy atom. The van der Waals surface area contributed by atoms with Crippen LogP contribution in [0.1, 0.15) is 19.2 Å². The molecule has 86 valence electrons. The molecule has 0 fully saturated rings. The van der Waals surface area contributed by atoms with Crippen molar-refractivity contribution < 1.29 is 0 Å². The minimum absolute atomic E-state index is 0.278. The summed E-state index contributed by atoms with van der Waals surface area (Å²) in [7, 11) is 0. The highest BCUT2D eigenvalue weighted by atomic mass is 15.3. The van der Waals surface area contributed by atoms with Crippen LogP contribution in [-0.4, -0.2) is 32.2 Å². The Balaban J connectivity index is 2.30. The molecule has 0 amide bonds. The molecule has 0 bridgehead atoms. The van der Waals surface area contributed by atoms with E-state index in [1.165, 1.54) is 0 Å². The van der Waals surface area contributed by atoms with Gasteiger partial charge in [-0.2, -0.15) is 0 Å². The summed E-state index contributed by atoms with van der Waals surface area (Å²) >= 11 is 0. The largest absolute Gasteiger partial charge is 0.364 e. The van der Waals surface area contributed by atoms with Crippen molar-refractivity contribution in [2.24, 2.45) is 5.73 Å². The first-order valence-electron chi connectivity index (χ1n) is 5.35. The molecule has 2 heterocycles. The Labute approximate surface area is 93.9 Å². The second-order valence-electron chi connectivity index (χ2n) is 3.84. The summed E-state index contributed by atoms with van der Waals surface area (Å²) in [6.07, 6.45) is 4.49. The van der Waals surface area contributed by atoms with Gasteiger partial charge in [0.05, 0.1) is 0 Å². The average Bonchev–Trinajstić information content (AvgIpc) is 2.62. The first kappa shape index (κ1) is 10.8. The quantitative estimate of drug-likeness (QED) is 0.787. The Morgan fingerprint density at radius 2 is 2.31 bits per heavy atom. The SMILES string of the molecule is Cc1nnc2c(NC(C)CCN)nccn12. The number of hydrogen-bond acceptors (Lipinski definition) is 5. The molecular formula is C10H16N6. The molecule has 0 radical (unpaired) electrons. The topological polar surface area (TPSA) is 81.1 Å². The van der Waals surface area contributed by atoms with Gasteiger partial charge in [-0.15, -0.1) is 10.2 Å². The van der Waals surface area contributed by atoms with Gasteiger partial charge in [0.15, 0.2) is 5.82 Å². The number of nitrogens with zero attached hydrogens (tertiary/aromatic N) is 4. The third-order valence-corrected chi connectivity index (χ3v) is 2.48. The standard InChI is InChI=1S/C10H16N6/c1-7(3-4-11)13-9-10-15-14-8(2)16(10)6-5-12-9/h5-7H,3-4,11H2,1-2H3,(H,12,13). The minimum Gasteiger partial charge on any atom is -0.364 e. The van der Waals surface area contributed by atoms with E-state index in [0.717, 1.165) is 23.7 Å². The molecule has 6 nitrogen and oxygen atoms in total. The number of nitrogens with two attached hydrogens (primary N) is 1. The van der Waals surface area contributed by atoms with E-state index in [1.807, 2.05) is 17.5 Å². The normalized spacial score (nSPS) is 12.9. The van der Waals surface area contributed by atoms with E-state index in [0.29, 0.717) is 6.54 Å². The van der Waals surface area contributed by atoms with Gasteiger partial charge in [-0.25, -0.2) is 4.98 Å². The number of hydrogen-bond donors (Lipinski definition) is 2. The maximum absolute atomic E-state index is 5.51. The van der Waals surface area contributed by atoms with Gasteiger partial charge in [-0.3, -0.25) is 4.40 Å². The molecule has 0 spiro atoms. The molecule has 2 aromatic heterocycles. The van der Waals surface area contributed by atoms with E-state index in [1.54, 1.807) is 6.20 Å². The van der Waals surface area contributed by atoms with Crippen LogP contribution in [0.2, 0.25) is 0 Å². The molecule has 6 heteroatoms. The Kier molecular flexibility index (Phi) is 3.00. The summed E-state index contributed by atoms with van der Waals surface area (Å²) in [4.78, 5) is 4.27. The summed E-state index contributed by atoms with van der Waals surface area (Å²) in [5.74, 6) is 1.61. The van der Waals surface area contributed by atoms with Crippen molar-refractivity contribution >= 4 is 11.5 Å². The van der Waals surface area contributed by atoms with E-state index < -0.39 is 0 Å². The van der Waals surface area contributed by atoms with Crippen molar-refractivity contribution in [2.45, 2.75) is 26.3 Å². The number of nitrogens with one attached hydrogen (secondary N) is 1. The molecule has 1 atom stereocenters. The monoisotopic (exact) mass is 220 g/mol. The lowest BCUT2D eigenvalue weighted by Crippen LogP contribution is -2.20. The van der Waals surface area contributed by atoms with Crippen molar-refractivity contribution in [3.8, 4) is 0 Å². The van der Waals surface area contributed by atoms with Crippen LogP contribution < -0.4 is 11.1 Å². The Morgan fingerprint density at radius 1 is 1.50 bits per heavy atom. The van der Waals surface area contributed by atoms with Crippen LogP contribution in [0.3, 0.4) is 0 Å². The molecule has 0 aromatic carbocycles. The van der Waals surface area contributed by atoms with Gasteiger partial charge in [-0.1, -0.05) is 0 Å². The highest BCUT2D eigenvalue weighted by Gasteiger charge is 2.09. The molecule has 3 N–H and O–H groups in total. The first-order chi connectivity index (χ1) is 7.72. The van der Waals surface area contributed by atoms with Crippen LogP contribution in [-0.2, 0) is 0 Å². The van der Waals surface area contributed by atoms with Crippen LogP contribution in [0.15, 0.2) is 12.4 Å². The van der Waals surface area contributed by atoms with Crippen LogP contribution in [0.5, 0.6) is 0 Å². The summed E-state index contributed by atoms with van der Waals surface area (Å²) in [5, 5.41) is 11.4. The van der Waals surface area contributed by atoms with E-state index >= 15 is 0 Å². The zero-order valence-corrected chi connectivity index (χ0v) is 9.51. The Hall–Kier alpha value is -1.69. The number of fused-ring (bicyclic) bond motifs is 1. The van der Waals surface area contributed by atoms with E-state index in [-0.39, 0.29) is 6.04 Å². The molecule has 2 rings (SSSR count). The summed E-state index contributed by atoms with van der Waals surface area (Å²) in [6.45, 7) is 4.64. The van der Waals surface area contributed by atoms with Gasteiger partial charge in [0.1, 0.15) is 5.82 Å². The van der Waals surface area contributed by atoms with Gasteiger partial charge in [-0.05, 0) is 26.8 Å². The second kappa shape index (κ2) is 4.44. The second-order valence-corrected chi connectivity index (χ2v) is 3.84. The molecule has 16 heavy (non-hydrogen) atoms.